The summed E-state index contributed by atoms with van der Waals surface area (Å²) >= 11 is 1.34. The summed E-state index contributed by atoms with van der Waals surface area (Å²) in [6.45, 7) is 8.44. The van der Waals surface area contributed by atoms with Crippen LogP contribution in [0.15, 0.2) is 30.6 Å². The van der Waals surface area contributed by atoms with Crippen molar-refractivity contribution >= 4 is 44.3 Å². The number of nitrogen functional groups attached to an aromatic ring is 1. The molecule has 0 spiro atoms. The van der Waals surface area contributed by atoms with Gasteiger partial charge in [-0.1, -0.05) is 32.1 Å². The third-order valence-electron chi connectivity index (χ3n) is 4.45. The van der Waals surface area contributed by atoms with Crippen molar-refractivity contribution in [1.82, 2.24) is 30.0 Å². The molecular formula is C23H29N7O3S. The molecule has 5 N–H and O–H groups in total. The first-order valence-electron chi connectivity index (χ1n) is 10.9. The molecule has 0 atom stereocenters. The molecule has 4 aromatic heterocycles. The summed E-state index contributed by atoms with van der Waals surface area (Å²) in [6.07, 6.45) is 3.32. The fourth-order valence-electron chi connectivity index (χ4n) is 3.14. The van der Waals surface area contributed by atoms with Crippen molar-refractivity contribution in [2.24, 2.45) is 5.92 Å². The van der Waals surface area contributed by atoms with Crippen molar-refractivity contribution in [3.05, 3.63) is 53.1 Å². The Hall–Kier alpha value is -3.57. The van der Waals surface area contributed by atoms with Crippen LogP contribution in [0.2, 0.25) is 0 Å². The molecule has 0 aliphatic rings. The standard InChI is InChI=1S/C19H19N7O3S.C4H10/c1-10-14(18(29)21-4-6-27)26-5-2-3-12(16(26)24-10)17(28)23-9-11-7-13-15(22-8-11)25-19(20)30-13;1-4(2)3/h2-3,5,7-8,27H,4,6,9H2,1H3,(H,21,29)(H,23,28)(H2,20,22,25);4H,1-3H3. The van der Waals surface area contributed by atoms with Gasteiger partial charge in [-0.2, -0.15) is 0 Å². The number of aryl methyl sites for hydroxylation is 1. The molecule has 34 heavy (non-hydrogen) atoms. The summed E-state index contributed by atoms with van der Waals surface area (Å²) in [5.41, 5.74) is 8.64. The van der Waals surface area contributed by atoms with Gasteiger partial charge in [0.15, 0.2) is 16.4 Å². The van der Waals surface area contributed by atoms with E-state index < -0.39 is 0 Å². The van der Waals surface area contributed by atoms with Crippen LogP contribution < -0.4 is 16.4 Å². The predicted molar refractivity (Wildman–Crippen MR) is 133 cm³/mol. The van der Waals surface area contributed by atoms with Crippen LogP contribution in [0.25, 0.3) is 16.0 Å². The molecular weight excluding hydrogens is 454 g/mol. The van der Waals surface area contributed by atoms with E-state index in [4.69, 9.17) is 10.8 Å². The highest BCUT2D eigenvalue weighted by molar-refractivity contribution is 7.22. The number of aliphatic hydroxyl groups is 1. The lowest BCUT2D eigenvalue weighted by atomic mass is 10.2. The van der Waals surface area contributed by atoms with E-state index in [0.717, 1.165) is 16.2 Å². The lowest BCUT2D eigenvalue weighted by molar-refractivity contribution is 0.0933. The number of aromatic nitrogens is 4. The maximum absolute atomic E-state index is 12.8. The Bertz CT molecular complexity index is 1310. The van der Waals surface area contributed by atoms with E-state index in [1.165, 1.54) is 11.3 Å². The average Bonchev–Trinajstić information content (AvgIpc) is 3.32. The number of carbonyl (C=O) groups excluding carboxylic acids is 2. The van der Waals surface area contributed by atoms with Gasteiger partial charge in [0.1, 0.15) is 5.69 Å². The van der Waals surface area contributed by atoms with Gasteiger partial charge in [0.25, 0.3) is 11.8 Å². The van der Waals surface area contributed by atoms with Crippen molar-refractivity contribution in [3.63, 3.8) is 0 Å². The Labute approximate surface area is 201 Å². The Morgan fingerprint density at radius 3 is 2.65 bits per heavy atom. The maximum atomic E-state index is 12.8. The zero-order valence-corrected chi connectivity index (χ0v) is 20.4. The Morgan fingerprint density at radius 1 is 1.21 bits per heavy atom. The molecule has 10 nitrogen and oxygen atoms in total. The topological polar surface area (TPSA) is 148 Å². The molecule has 0 aliphatic carbocycles. The molecule has 2 amide bonds. The summed E-state index contributed by atoms with van der Waals surface area (Å²) in [5.74, 6) is 0.145. The number of nitrogens with two attached hydrogens (primary N) is 1. The Morgan fingerprint density at radius 2 is 1.94 bits per heavy atom. The molecule has 0 saturated carbocycles. The SMILES string of the molecule is CC(C)C.Cc1nc2c(C(=O)NCc3cnc4nc(N)sc4c3)cccn2c1C(=O)NCCO. The summed E-state index contributed by atoms with van der Waals surface area (Å²) in [4.78, 5) is 38.0. The number of anilines is 1. The number of imidazole rings is 1. The molecule has 0 fully saturated rings. The number of nitrogens with zero attached hydrogens (tertiary/aromatic N) is 4. The zero-order valence-electron chi connectivity index (χ0n) is 19.6. The van der Waals surface area contributed by atoms with Crippen LogP contribution in [0.3, 0.4) is 0 Å². The van der Waals surface area contributed by atoms with Gasteiger partial charge in [0, 0.05) is 25.5 Å². The number of pyridine rings is 2. The second-order valence-corrected chi connectivity index (χ2v) is 9.34. The third kappa shape index (κ3) is 5.86. The minimum absolute atomic E-state index is 0.134. The number of nitrogens with one attached hydrogen (secondary N) is 2. The van der Waals surface area contributed by atoms with Gasteiger partial charge < -0.3 is 21.5 Å². The fraction of sp³-hybridized carbons (Fsp3) is 0.348. The molecule has 0 unspecified atom stereocenters. The maximum Gasteiger partial charge on any atom is 0.270 e. The number of hydrogen-bond donors (Lipinski definition) is 4. The number of aliphatic hydroxyl groups excluding tert-OH is 1. The van der Waals surface area contributed by atoms with Crippen molar-refractivity contribution in [2.75, 3.05) is 18.9 Å². The number of thiazole rings is 1. The molecule has 0 saturated heterocycles. The second kappa shape index (κ2) is 11.0. The van der Waals surface area contributed by atoms with E-state index in [9.17, 15) is 9.59 Å². The van der Waals surface area contributed by atoms with Crippen LogP contribution in [0.5, 0.6) is 0 Å². The van der Waals surface area contributed by atoms with Crippen molar-refractivity contribution in [3.8, 4) is 0 Å². The van der Waals surface area contributed by atoms with Gasteiger partial charge in [-0.15, -0.1) is 0 Å². The van der Waals surface area contributed by atoms with Crippen molar-refractivity contribution in [1.29, 1.82) is 0 Å². The largest absolute Gasteiger partial charge is 0.395 e. The summed E-state index contributed by atoms with van der Waals surface area (Å²) in [5, 5.41) is 14.8. The first-order chi connectivity index (χ1) is 16.2. The summed E-state index contributed by atoms with van der Waals surface area (Å²) in [7, 11) is 0. The lowest BCUT2D eigenvalue weighted by Crippen LogP contribution is -2.28. The lowest BCUT2D eigenvalue weighted by Gasteiger charge is -2.08. The van der Waals surface area contributed by atoms with E-state index in [0.29, 0.717) is 33.4 Å². The molecule has 4 heterocycles. The van der Waals surface area contributed by atoms with E-state index in [-0.39, 0.29) is 31.5 Å². The quantitative estimate of drug-likeness (QED) is 0.329. The van der Waals surface area contributed by atoms with E-state index >= 15 is 0 Å². The van der Waals surface area contributed by atoms with Crippen LogP contribution in [0.4, 0.5) is 5.13 Å². The van der Waals surface area contributed by atoms with Gasteiger partial charge in [-0.3, -0.25) is 14.0 Å². The number of amides is 2. The monoisotopic (exact) mass is 483 g/mol. The molecule has 0 bridgehead atoms. The van der Waals surface area contributed by atoms with Crippen LogP contribution in [0.1, 0.15) is 52.9 Å². The Balaban J connectivity index is 0.000000751. The molecule has 11 heteroatoms. The highest BCUT2D eigenvalue weighted by Gasteiger charge is 2.20. The van der Waals surface area contributed by atoms with Crippen LogP contribution in [-0.4, -0.2) is 49.4 Å². The minimum Gasteiger partial charge on any atom is -0.395 e. The molecule has 180 valence electrons. The van der Waals surface area contributed by atoms with Gasteiger partial charge >= 0.3 is 0 Å². The number of hydrogen-bond acceptors (Lipinski definition) is 8. The fourth-order valence-corrected chi connectivity index (χ4v) is 3.89. The van der Waals surface area contributed by atoms with Crippen LogP contribution >= 0.6 is 11.3 Å². The van der Waals surface area contributed by atoms with Gasteiger partial charge in [-0.25, -0.2) is 15.0 Å². The number of fused-ring (bicyclic) bond motifs is 2. The molecule has 0 aliphatic heterocycles. The number of carbonyl (C=O) groups is 2. The predicted octanol–water partition coefficient (Wildman–Crippen LogP) is 2.54. The second-order valence-electron chi connectivity index (χ2n) is 8.27. The van der Waals surface area contributed by atoms with Gasteiger partial charge in [0.05, 0.1) is 22.6 Å². The Kier molecular flexibility index (Phi) is 8.13. The van der Waals surface area contributed by atoms with Crippen molar-refractivity contribution in [2.45, 2.75) is 34.2 Å². The molecule has 0 radical (unpaired) electrons. The average molecular weight is 484 g/mol. The normalized spacial score (nSPS) is 10.9. The van der Waals surface area contributed by atoms with E-state index in [2.05, 4.69) is 46.4 Å². The van der Waals surface area contributed by atoms with E-state index in [1.54, 1.807) is 35.9 Å². The third-order valence-corrected chi connectivity index (χ3v) is 5.28. The molecule has 4 aromatic rings. The van der Waals surface area contributed by atoms with Crippen molar-refractivity contribution < 1.29 is 14.7 Å². The highest BCUT2D eigenvalue weighted by atomic mass is 32.1. The number of rotatable bonds is 6. The zero-order chi connectivity index (χ0) is 24.8. The highest BCUT2D eigenvalue weighted by Crippen LogP contribution is 2.23. The van der Waals surface area contributed by atoms with Crippen LogP contribution in [0, 0.1) is 12.8 Å². The molecule has 0 aromatic carbocycles. The summed E-state index contributed by atoms with van der Waals surface area (Å²) in [6, 6.07) is 5.22. The summed E-state index contributed by atoms with van der Waals surface area (Å²) < 4.78 is 2.42. The first kappa shape index (κ1) is 25.1. The minimum atomic E-state index is -0.366. The van der Waals surface area contributed by atoms with Gasteiger partial charge in [-0.05, 0) is 36.6 Å². The molecule has 4 rings (SSSR count). The van der Waals surface area contributed by atoms with Gasteiger partial charge in [0.2, 0.25) is 0 Å². The van der Waals surface area contributed by atoms with Crippen LogP contribution in [-0.2, 0) is 6.54 Å². The smallest absolute Gasteiger partial charge is 0.270 e. The first-order valence-corrected chi connectivity index (χ1v) is 11.7. The van der Waals surface area contributed by atoms with E-state index in [1.807, 2.05) is 6.07 Å².